The summed E-state index contributed by atoms with van der Waals surface area (Å²) in [7, 11) is 0. The first-order valence-electron chi connectivity index (χ1n) is 4.48. The molecule has 1 heterocycles. The minimum absolute atomic E-state index is 0.238. The number of benzene rings is 1. The second-order valence-corrected chi connectivity index (χ2v) is 3.71. The fraction of sp³-hybridized carbons (Fsp3) is 0.300. The Kier molecular flexibility index (Phi) is 1.84. The number of phenols is 1. The molecule has 2 rings (SSSR count). The molecule has 1 unspecified atom stereocenters. The fourth-order valence-electron chi connectivity index (χ4n) is 1.60. The highest BCUT2D eigenvalue weighted by molar-refractivity contribution is 5.81. The molecule has 0 bridgehead atoms. The van der Waals surface area contributed by atoms with Crippen molar-refractivity contribution in [3.63, 3.8) is 0 Å². The number of hydrogen-bond donors (Lipinski definition) is 3. The Morgan fingerprint density at radius 3 is 2.57 bits per heavy atom. The van der Waals surface area contributed by atoms with Gasteiger partial charge in [-0.05, 0) is 24.6 Å². The van der Waals surface area contributed by atoms with Gasteiger partial charge in [0.15, 0.2) is 5.96 Å². The number of nitrogens with two attached hydrogens (primary N) is 1. The third-order valence-electron chi connectivity index (χ3n) is 2.47. The molecule has 4 heteroatoms. The molecule has 14 heavy (non-hydrogen) atoms. The summed E-state index contributed by atoms with van der Waals surface area (Å²) >= 11 is 0. The minimum atomic E-state index is -0.238. The van der Waals surface area contributed by atoms with Crippen LogP contribution in [0.25, 0.3) is 0 Å². The first-order valence-corrected chi connectivity index (χ1v) is 4.48. The van der Waals surface area contributed by atoms with E-state index in [2.05, 4.69) is 10.3 Å². The smallest absolute Gasteiger partial charge is 0.189 e. The van der Waals surface area contributed by atoms with E-state index in [0.717, 1.165) is 5.56 Å². The summed E-state index contributed by atoms with van der Waals surface area (Å²) in [6.45, 7) is 2.66. The summed E-state index contributed by atoms with van der Waals surface area (Å²) in [6, 6.07) is 7.07. The normalized spacial score (nSPS) is 25.6. The molecule has 4 nitrogen and oxygen atoms in total. The molecule has 4 N–H and O–H groups in total. The number of phenolic OH excluding ortho intramolecular Hbond substituents is 1. The lowest BCUT2D eigenvalue weighted by Crippen LogP contribution is -2.42. The van der Waals surface area contributed by atoms with Gasteiger partial charge < -0.3 is 16.2 Å². The molecule has 1 aliphatic rings. The average molecular weight is 191 g/mol. The van der Waals surface area contributed by atoms with Gasteiger partial charge in [0.1, 0.15) is 5.75 Å². The predicted octanol–water partition coefficient (Wildman–Crippen LogP) is 0.525. The van der Waals surface area contributed by atoms with Crippen molar-refractivity contribution in [1.82, 2.24) is 5.32 Å². The number of aromatic hydroxyl groups is 1. The van der Waals surface area contributed by atoms with Gasteiger partial charge in [-0.3, -0.25) is 4.99 Å². The Balaban J connectivity index is 2.28. The van der Waals surface area contributed by atoms with E-state index in [1.165, 1.54) is 0 Å². The summed E-state index contributed by atoms with van der Waals surface area (Å²) in [5.41, 5.74) is 6.40. The second-order valence-electron chi connectivity index (χ2n) is 3.71. The summed E-state index contributed by atoms with van der Waals surface area (Å²) in [4.78, 5) is 4.11. The maximum Gasteiger partial charge on any atom is 0.189 e. The first kappa shape index (κ1) is 8.87. The van der Waals surface area contributed by atoms with Crippen molar-refractivity contribution in [2.75, 3.05) is 6.54 Å². The zero-order chi connectivity index (χ0) is 10.2. The summed E-state index contributed by atoms with van der Waals surface area (Å²) < 4.78 is 0. The molecule has 0 amide bonds. The van der Waals surface area contributed by atoms with E-state index < -0.39 is 0 Å². The maximum atomic E-state index is 9.16. The van der Waals surface area contributed by atoms with Crippen LogP contribution in [0, 0.1) is 0 Å². The predicted molar refractivity (Wildman–Crippen MR) is 55.1 cm³/mol. The van der Waals surface area contributed by atoms with Gasteiger partial charge in [0.25, 0.3) is 0 Å². The van der Waals surface area contributed by atoms with Crippen LogP contribution in [0.2, 0.25) is 0 Å². The fourth-order valence-corrected chi connectivity index (χ4v) is 1.60. The summed E-state index contributed by atoms with van der Waals surface area (Å²) in [5.74, 6) is 0.741. The largest absolute Gasteiger partial charge is 0.508 e. The van der Waals surface area contributed by atoms with Crippen molar-refractivity contribution >= 4 is 5.96 Å². The lowest BCUT2D eigenvalue weighted by Gasteiger charge is -2.24. The Hall–Kier alpha value is -1.71. The molecular weight excluding hydrogens is 178 g/mol. The van der Waals surface area contributed by atoms with Gasteiger partial charge in [0, 0.05) is 0 Å². The monoisotopic (exact) mass is 191 g/mol. The average Bonchev–Trinajstić information content (AvgIpc) is 2.48. The van der Waals surface area contributed by atoms with Crippen LogP contribution in [0.3, 0.4) is 0 Å². The molecule has 0 aromatic heterocycles. The zero-order valence-corrected chi connectivity index (χ0v) is 7.99. The van der Waals surface area contributed by atoms with E-state index in [-0.39, 0.29) is 11.3 Å². The van der Waals surface area contributed by atoms with Crippen LogP contribution in [0.1, 0.15) is 12.5 Å². The number of rotatable bonds is 1. The third kappa shape index (κ3) is 1.39. The Bertz CT molecular complexity index is 371. The molecule has 0 aliphatic carbocycles. The Labute approximate surface area is 82.5 Å². The van der Waals surface area contributed by atoms with Crippen molar-refractivity contribution in [2.24, 2.45) is 10.7 Å². The number of guanidine groups is 1. The van der Waals surface area contributed by atoms with Gasteiger partial charge in [-0.2, -0.15) is 0 Å². The topological polar surface area (TPSA) is 70.6 Å². The molecule has 1 atom stereocenters. The van der Waals surface area contributed by atoms with Gasteiger partial charge in [0.05, 0.1) is 12.1 Å². The molecule has 0 saturated heterocycles. The highest BCUT2D eigenvalue weighted by Crippen LogP contribution is 2.25. The molecule has 0 spiro atoms. The van der Waals surface area contributed by atoms with Gasteiger partial charge in [-0.25, -0.2) is 0 Å². The number of nitrogens with zero attached hydrogens (tertiary/aromatic N) is 1. The van der Waals surface area contributed by atoms with Crippen molar-refractivity contribution < 1.29 is 5.11 Å². The third-order valence-corrected chi connectivity index (χ3v) is 2.47. The highest BCUT2D eigenvalue weighted by atomic mass is 16.3. The molecule has 1 aromatic carbocycles. The van der Waals surface area contributed by atoms with Crippen molar-refractivity contribution in [3.8, 4) is 5.75 Å². The van der Waals surface area contributed by atoms with Crippen LogP contribution in [0.15, 0.2) is 29.3 Å². The number of aliphatic imine (C=N–C) groups is 1. The summed E-state index contributed by atoms with van der Waals surface area (Å²) in [6.07, 6.45) is 0. The maximum absolute atomic E-state index is 9.16. The van der Waals surface area contributed by atoms with E-state index in [9.17, 15) is 0 Å². The van der Waals surface area contributed by atoms with Gasteiger partial charge in [-0.15, -0.1) is 0 Å². The number of nitrogens with one attached hydrogen (secondary N) is 1. The summed E-state index contributed by atoms with van der Waals surface area (Å²) in [5, 5.41) is 12.3. The van der Waals surface area contributed by atoms with E-state index in [1.807, 2.05) is 19.1 Å². The van der Waals surface area contributed by atoms with E-state index in [0.29, 0.717) is 12.5 Å². The van der Waals surface area contributed by atoms with Gasteiger partial charge in [0.2, 0.25) is 0 Å². The van der Waals surface area contributed by atoms with Crippen LogP contribution in [0.4, 0.5) is 0 Å². The molecule has 0 fully saturated rings. The quantitative estimate of drug-likeness (QED) is 0.606. The Morgan fingerprint density at radius 1 is 1.43 bits per heavy atom. The van der Waals surface area contributed by atoms with Crippen LogP contribution >= 0.6 is 0 Å². The van der Waals surface area contributed by atoms with Crippen LogP contribution in [-0.2, 0) is 5.54 Å². The van der Waals surface area contributed by atoms with E-state index >= 15 is 0 Å². The Morgan fingerprint density at radius 2 is 2.07 bits per heavy atom. The van der Waals surface area contributed by atoms with Crippen LogP contribution in [0.5, 0.6) is 5.75 Å². The van der Waals surface area contributed by atoms with Crippen LogP contribution < -0.4 is 11.1 Å². The zero-order valence-electron chi connectivity index (χ0n) is 7.99. The molecule has 1 aromatic rings. The molecule has 74 valence electrons. The van der Waals surface area contributed by atoms with Crippen molar-refractivity contribution in [1.29, 1.82) is 0 Å². The van der Waals surface area contributed by atoms with Gasteiger partial charge in [-0.1, -0.05) is 12.1 Å². The first-order chi connectivity index (χ1) is 6.60. The highest BCUT2D eigenvalue weighted by Gasteiger charge is 2.30. The van der Waals surface area contributed by atoms with E-state index in [4.69, 9.17) is 10.8 Å². The second kappa shape index (κ2) is 2.90. The van der Waals surface area contributed by atoms with Crippen molar-refractivity contribution in [2.45, 2.75) is 12.5 Å². The molecular formula is C10H13N3O. The lowest BCUT2D eigenvalue weighted by atomic mass is 9.93. The number of hydrogen-bond acceptors (Lipinski definition) is 4. The standard InChI is InChI=1S/C10H13N3O/c1-10(6-12-9(11)13-10)7-2-4-8(14)5-3-7/h2-5,14H,6H2,1H3,(H3,11,12,13). The minimum Gasteiger partial charge on any atom is -0.508 e. The van der Waals surface area contributed by atoms with Crippen molar-refractivity contribution in [3.05, 3.63) is 29.8 Å². The van der Waals surface area contributed by atoms with E-state index in [1.54, 1.807) is 12.1 Å². The lowest BCUT2D eigenvalue weighted by molar-refractivity contribution is 0.466. The van der Waals surface area contributed by atoms with Crippen LogP contribution in [-0.4, -0.2) is 17.6 Å². The molecule has 1 aliphatic heterocycles. The molecule has 0 saturated carbocycles. The van der Waals surface area contributed by atoms with Gasteiger partial charge >= 0.3 is 0 Å². The molecule has 0 radical (unpaired) electrons. The SMILES string of the molecule is CC1(c2ccc(O)cc2)CN=C(N)N1.